The molecule has 4 rings (SSSR count). The van der Waals surface area contributed by atoms with Crippen molar-refractivity contribution in [2.45, 2.75) is 19.3 Å². The van der Waals surface area contributed by atoms with E-state index in [4.69, 9.17) is 4.74 Å². The Hall–Kier alpha value is -2.90. The summed E-state index contributed by atoms with van der Waals surface area (Å²) in [6.07, 6.45) is 3.59. The Kier molecular flexibility index (Phi) is 3.44. The molecule has 0 unspecified atom stereocenters. The van der Waals surface area contributed by atoms with E-state index in [-0.39, 0.29) is 29.9 Å². The van der Waals surface area contributed by atoms with Crippen LogP contribution in [0.3, 0.4) is 0 Å². The second kappa shape index (κ2) is 5.63. The minimum atomic E-state index is -0.848. The molecule has 2 aromatic heterocycles. The van der Waals surface area contributed by atoms with Gasteiger partial charge in [0.25, 0.3) is 0 Å². The zero-order chi connectivity index (χ0) is 16.7. The molecule has 24 heavy (non-hydrogen) atoms. The number of nitrogens with zero attached hydrogens (tertiary/aromatic N) is 3. The van der Waals surface area contributed by atoms with E-state index in [9.17, 15) is 13.6 Å². The van der Waals surface area contributed by atoms with E-state index in [0.29, 0.717) is 22.8 Å². The standard InChI is InChI=1S/C16H12F2N4O2/c17-9-3-4-14(11(18)5-9)24-16-19-7-10-12(21-22-15(10)20-16)6-13(23)8-1-2-8/h3-5,7-8H,1-2,6H2,(H,19,20,21,22). The lowest BCUT2D eigenvalue weighted by atomic mass is 10.1. The van der Waals surface area contributed by atoms with Crippen LogP contribution in [0.4, 0.5) is 8.78 Å². The summed E-state index contributed by atoms with van der Waals surface area (Å²) in [5.74, 6) is -1.41. The minimum absolute atomic E-state index is 0.100. The van der Waals surface area contributed by atoms with Crippen molar-refractivity contribution in [2.24, 2.45) is 5.92 Å². The highest BCUT2D eigenvalue weighted by molar-refractivity contribution is 5.89. The van der Waals surface area contributed by atoms with Crippen LogP contribution in [-0.4, -0.2) is 25.9 Å². The molecule has 1 aliphatic carbocycles. The van der Waals surface area contributed by atoms with E-state index in [1.165, 1.54) is 6.20 Å². The molecular formula is C16H12F2N4O2. The third-order valence-electron chi connectivity index (χ3n) is 3.84. The van der Waals surface area contributed by atoms with E-state index in [1.807, 2.05) is 0 Å². The zero-order valence-electron chi connectivity index (χ0n) is 12.4. The third kappa shape index (κ3) is 2.82. The number of H-pyrrole nitrogens is 1. The van der Waals surface area contributed by atoms with E-state index < -0.39 is 11.6 Å². The number of halogens is 2. The van der Waals surface area contributed by atoms with Crippen LogP contribution in [-0.2, 0) is 11.2 Å². The number of aromatic amines is 1. The summed E-state index contributed by atoms with van der Waals surface area (Å²) >= 11 is 0. The number of carbonyl (C=O) groups excluding carboxylic acids is 1. The summed E-state index contributed by atoms with van der Waals surface area (Å²) in [5, 5.41) is 7.43. The number of rotatable bonds is 5. The van der Waals surface area contributed by atoms with Crippen molar-refractivity contribution in [1.29, 1.82) is 0 Å². The molecule has 8 heteroatoms. The number of hydrogen-bond acceptors (Lipinski definition) is 5. The Morgan fingerprint density at radius 2 is 2.17 bits per heavy atom. The minimum Gasteiger partial charge on any atom is -0.421 e. The predicted octanol–water partition coefficient (Wildman–Crippen LogP) is 2.95. The molecular weight excluding hydrogens is 318 g/mol. The van der Waals surface area contributed by atoms with Crippen LogP contribution in [0.25, 0.3) is 11.0 Å². The van der Waals surface area contributed by atoms with Gasteiger partial charge in [-0.05, 0) is 25.0 Å². The van der Waals surface area contributed by atoms with Crippen LogP contribution in [0.2, 0.25) is 0 Å². The number of nitrogens with one attached hydrogen (secondary N) is 1. The van der Waals surface area contributed by atoms with E-state index in [2.05, 4.69) is 20.2 Å². The van der Waals surface area contributed by atoms with Gasteiger partial charge in [0.1, 0.15) is 11.6 Å². The topological polar surface area (TPSA) is 80.8 Å². The largest absolute Gasteiger partial charge is 0.421 e. The van der Waals surface area contributed by atoms with Crippen LogP contribution in [0.15, 0.2) is 24.4 Å². The molecule has 0 atom stereocenters. The summed E-state index contributed by atoms with van der Waals surface area (Å²) in [7, 11) is 0. The van der Waals surface area contributed by atoms with E-state index in [0.717, 1.165) is 25.0 Å². The summed E-state index contributed by atoms with van der Waals surface area (Å²) in [4.78, 5) is 20.0. The Labute approximate surface area is 134 Å². The van der Waals surface area contributed by atoms with Crippen molar-refractivity contribution < 1.29 is 18.3 Å². The average molecular weight is 330 g/mol. The number of ketones is 1. The van der Waals surface area contributed by atoms with Gasteiger partial charge in [0.15, 0.2) is 17.2 Å². The van der Waals surface area contributed by atoms with Crippen LogP contribution < -0.4 is 4.74 Å². The molecule has 2 heterocycles. The highest BCUT2D eigenvalue weighted by Crippen LogP contribution is 2.31. The normalized spacial score (nSPS) is 14.1. The quantitative estimate of drug-likeness (QED) is 0.778. The molecule has 0 radical (unpaired) electrons. The second-order valence-corrected chi connectivity index (χ2v) is 5.68. The van der Waals surface area contributed by atoms with Gasteiger partial charge in [0.05, 0.1) is 17.5 Å². The first kappa shape index (κ1) is 14.7. The highest BCUT2D eigenvalue weighted by atomic mass is 19.1. The van der Waals surface area contributed by atoms with Crippen molar-refractivity contribution in [3.8, 4) is 11.8 Å². The van der Waals surface area contributed by atoms with E-state index in [1.54, 1.807) is 0 Å². The highest BCUT2D eigenvalue weighted by Gasteiger charge is 2.30. The second-order valence-electron chi connectivity index (χ2n) is 5.68. The molecule has 0 spiro atoms. The molecule has 1 saturated carbocycles. The van der Waals surface area contributed by atoms with Gasteiger partial charge < -0.3 is 4.74 Å². The number of carbonyl (C=O) groups is 1. The Morgan fingerprint density at radius 1 is 1.33 bits per heavy atom. The van der Waals surface area contributed by atoms with Gasteiger partial charge in [0.2, 0.25) is 0 Å². The summed E-state index contributed by atoms with van der Waals surface area (Å²) in [5.41, 5.74) is 0.975. The molecule has 3 aromatic rings. The smallest absolute Gasteiger partial charge is 0.324 e. The fraction of sp³-hybridized carbons (Fsp3) is 0.250. The Bertz CT molecular complexity index is 937. The first-order valence-electron chi connectivity index (χ1n) is 7.46. The van der Waals surface area contributed by atoms with E-state index >= 15 is 0 Å². The maximum atomic E-state index is 13.6. The Balaban J connectivity index is 1.58. The maximum absolute atomic E-state index is 13.6. The lowest BCUT2D eigenvalue weighted by Gasteiger charge is -2.04. The van der Waals surface area contributed by atoms with Gasteiger partial charge in [-0.25, -0.2) is 13.8 Å². The van der Waals surface area contributed by atoms with Crippen LogP contribution >= 0.6 is 0 Å². The third-order valence-corrected chi connectivity index (χ3v) is 3.84. The van der Waals surface area contributed by atoms with Crippen molar-refractivity contribution >= 4 is 16.8 Å². The molecule has 0 saturated heterocycles. The van der Waals surface area contributed by atoms with Crippen molar-refractivity contribution in [1.82, 2.24) is 20.2 Å². The molecule has 1 aromatic carbocycles. The summed E-state index contributed by atoms with van der Waals surface area (Å²) in [6.45, 7) is 0. The van der Waals surface area contributed by atoms with Crippen LogP contribution in [0.1, 0.15) is 18.5 Å². The molecule has 0 amide bonds. The summed E-state index contributed by atoms with van der Waals surface area (Å²) in [6, 6.07) is 2.85. The molecule has 122 valence electrons. The van der Waals surface area contributed by atoms with Crippen molar-refractivity contribution in [3.63, 3.8) is 0 Å². The number of aromatic nitrogens is 4. The average Bonchev–Trinajstić information content (AvgIpc) is 3.34. The molecule has 6 nitrogen and oxygen atoms in total. The number of fused-ring (bicyclic) bond motifs is 1. The lowest BCUT2D eigenvalue weighted by molar-refractivity contribution is -0.119. The number of hydrogen-bond donors (Lipinski definition) is 1. The van der Waals surface area contributed by atoms with Crippen molar-refractivity contribution in [3.05, 3.63) is 41.7 Å². The molecule has 1 aliphatic rings. The SMILES string of the molecule is O=C(Cc1n[nH]c2nc(Oc3ccc(F)cc3F)ncc12)C1CC1. The number of Topliss-reactive ketones (excluding diaryl/α,β-unsaturated/α-hetero) is 1. The fourth-order valence-electron chi connectivity index (χ4n) is 2.40. The molecule has 0 aliphatic heterocycles. The summed E-state index contributed by atoms with van der Waals surface area (Å²) < 4.78 is 31.7. The fourth-order valence-corrected chi connectivity index (χ4v) is 2.40. The molecule has 1 fully saturated rings. The number of ether oxygens (including phenoxy) is 1. The van der Waals surface area contributed by atoms with Gasteiger partial charge in [-0.3, -0.25) is 9.89 Å². The monoisotopic (exact) mass is 330 g/mol. The van der Waals surface area contributed by atoms with Gasteiger partial charge in [-0.2, -0.15) is 10.1 Å². The first-order chi connectivity index (χ1) is 11.6. The van der Waals surface area contributed by atoms with Crippen molar-refractivity contribution in [2.75, 3.05) is 0 Å². The van der Waals surface area contributed by atoms with Gasteiger partial charge in [-0.15, -0.1) is 0 Å². The molecule has 0 bridgehead atoms. The predicted molar refractivity (Wildman–Crippen MR) is 79.6 cm³/mol. The molecule has 1 N–H and O–H groups in total. The Morgan fingerprint density at radius 3 is 2.92 bits per heavy atom. The maximum Gasteiger partial charge on any atom is 0.324 e. The number of benzene rings is 1. The first-order valence-corrected chi connectivity index (χ1v) is 7.46. The van der Waals surface area contributed by atoms with Crippen LogP contribution in [0, 0.1) is 17.6 Å². The van der Waals surface area contributed by atoms with Crippen LogP contribution in [0.5, 0.6) is 11.8 Å². The lowest BCUT2D eigenvalue weighted by Crippen LogP contribution is -2.05. The van der Waals surface area contributed by atoms with Gasteiger partial charge in [0, 0.05) is 18.2 Å². The zero-order valence-corrected chi connectivity index (χ0v) is 12.4. The van der Waals surface area contributed by atoms with Gasteiger partial charge in [-0.1, -0.05) is 0 Å². The van der Waals surface area contributed by atoms with Gasteiger partial charge >= 0.3 is 6.01 Å².